The number of nitrogens with zero attached hydrogens (tertiary/aromatic N) is 8. The summed E-state index contributed by atoms with van der Waals surface area (Å²) in [5.74, 6) is -0.694. The van der Waals surface area contributed by atoms with Gasteiger partial charge in [-0.05, 0) is 47.0 Å². The van der Waals surface area contributed by atoms with Crippen LogP contribution >= 0.6 is 0 Å². The first-order valence-electron chi connectivity index (χ1n) is 7.65. The van der Waals surface area contributed by atoms with Crippen molar-refractivity contribution in [2.45, 2.75) is 51.1 Å². The number of amidine groups is 2. The Balaban J connectivity index is 2.06. The second-order valence-electron chi connectivity index (χ2n) is 5.01. The van der Waals surface area contributed by atoms with Gasteiger partial charge in [0.15, 0.2) is 11.7 Å². The predicted molar refractivity (Wildman–Crippen MR) is 82.5 cm³/mol. The lowest BCUT2D eigenvalue weighted by Crippen LogP contribution is -2.23. The first-order valence-corrected chi connectivity index (χ1v) is 7.65. The second kappa shape index (κ2) is 10.3. The largest absolute Gasteiger partial charge is 0.363 e. The van der Waals surface area contributed by atoms with Crippen molar-refractivity contribution in [3.05, 3.63) is 20.9 Å². The first kappa shape index (κ1) is 17.8. The molecule has 2 unspecified atom stereocenters. The lowest BCUT2D eigenvalue weighted by atomic mass is 10.2. The monoisotopic (exact) mass is 338 g/mol. The highest BCUT2D eigenvalue weighted by Crippen LogP contribution is 2.15. The molecule has 0 radical (unpaired) electrons. The average Bonchev–Trinajstić information content (AvgIpc) is 2.64. The van der Waals surface area contributed by atoms with Crippen molar-refractivity contribution in [3.8, 4) is 0 Å². The number of azide groups is 2. The van der Waals surface area contributed by atoms with Crippen LogP contribution in [0.5, 0.6) is 0 Å². The molecule has 2 aliphatic rings. The molecule has 2 saturated heterocycles. The summed E-state index contributed by atoms with van der Waals surface area (Å²) in [7, 11) is 0. The predicted octanol–water partition coefficient (Wildman–Crippen LogP) is 3.32. The van der Waals surface area contributed by atoms with Gasteiger partial charge in [-0.2, -0.15) is 0 Å². The highest BCUT2D eigenvalue weighted by Gasteiger charge is 2.18. The number of oxime groups is 2. The van der Waals surface area contributed by atoms with Crippen LogP contribution in [0.1, 0.15) is 38.5 Å². The van der Waals surface area contributed by atoms with Gasteiger partial charge in [-0.3, -0.25) is 0 Å². The second-order valence-corrected chi connectivity index (χ2v) is 5.01. The Bertz CT molecular complexity index is 505. The Hall–Kier alpha value is -2.52. The van der Waals surface area contributed by atoms with E-state index in [1.807, 2.05) is 0 Å². The van der Waals surface area contributed by atoms with E-state index in [2.05, 4.69) is 30.4 Å². The van der Waals surface area contributed by atoms with Crippen LogP contribution in [0, 0.1) is 0 Å². The molecule has 0 N–H and O–H groups in total. The van der Waals surface area contributed by atoms with Crippen LogP contribution in [0.4, 0.5) is 0 Å². The van der Waals surface area contributed by atoms with E-state index in [0.29, 0.717) is 26.1 Å². The normalized spacial score (nSPS) is 25.2. The van der Waals surface area contributed by atoms with Crippen molar-refractivity contribution in [2.24, 2.45) is 20.5 Å². The van der Waals surface area contributed by atoms with Gasteiger partial charge in [0.25, 0.3) is 0 Å². The summed E-state index contributed by atoms with van der Waals surface area (Å²) >= 11 is 0. The fraction of sp³-hybridized carbons (Fsp3) is 0.833. The van der Waals surface area contributed by atoms with Gasteiger partial charge in [-0.25, -0.2) is 0 Å². The Morgan fingerprint density at radius 2 is 1.25 bits per heavy atom. The van der Waals surface area contributed by atoms with Gasteiger partial charge >= 0.3 is 0 Å². The highest BCUT2D eigenvalue weighted by molar-refractivity contribution is 6.40. The minimum atomic E-state index is -0.544. The van der Waals surface area contributed by atoms with Crippen LogP contribution in [-0.4, -0.2) is 37.5 Å². The molecule has 2 fully saturated rings. The van der Waals surface area contributed by atoms with E-state index in [9.17, 15) is 0 Å². The van der Waals surface area contributed by atoms with E-state index >= 15 is 0 Å². The summed E-state index contributed by atoms with van der Waals surface area (Å²) in [6.45, 7) is 1.13. The van der Waals surface area contributed by atoms with Crippen molar-refractivity contribution in [3.63, 3.8) is 0 Å². The molecule has 0 spiro atoms. The zero-order valence-corrected chi connectivity index (χ0v) is 13.0. The molecule has 0 aliphatic carbocycles. The molecule has 0 saturated carbocycles. The molecule has 2 aliphatic heterocycles. The van der Waals surface area contributed by atoms with Crippen molar-refractivity contribution in [2.75, 3.05) is 13.2 Å². The molecule has 130 valence electrons. The van der Waals surface area contributed by atoms with Crippen LogP contribution in [0.2, 0.25) is 0 Å². The summed E-state index contributed by atoms with van der Waals surface area (Å²) in [6.07, 6.45) is 4.02. The van der Waals surface area contributed by atoms with Crippen molar-refractivity contribution in [1.29, 1.82) is 0 Å². The molecular formula is C12H18N8O4. The molecule has 2 rings (SSSR count). The van der Waals surface area contributed by atoms with Crippen LogP contribution in [0.25, 0.3) is 20.9 Å². The Labute approximate surface area is 137 Å². The Morgan fingerprint density at radius 1 is 0.792 bits per heavy atom. The zero-order valence-electron chi connectivity index (χ0n) is 13.0. The standard InChI is InChI=1S/C12H18N8O4/c13-19-15-11(17-23-9-5-1-3-7-21-9)12(16-20-14)18-24-10-6-2-4-8-22-10/h9-10H,1-8H2. The SMILES string of the molecule is [N-]=[N+]=NC(=NOC1CCCCO1)C(N=[N+]=[N-])=NOC1CCCCO1. The quantitative estimate of drug-likeness (QED) is 0.192. The van der Waals surface area contributed by atoms with Gasteiger partial charge in [-0.1, -0.05) is 10.3 Å². The summed E-state index contributed by atoms with van der Waals surface area (Å²) in [5, 5.41) is 14.0. The maximum absolute atomic E-state index is 8.64. The van der Waals surface area contributed by atoms with Crippen LogP contribution in [-0.2, 0) is 19.1 Å². The van der Waals surface area contributed by atoms with Gasteiger partial charge in [0.2, 0.25) is 12.6 Å². The minimum Gasteiger partial charge on any atom is -0.363 e. The van der Waals surface area contributed by atoms with Gasteiger partial charge in [0.1, 0.15) is 0 Å². The van der Waals surface area contributed by atoms with E-state index in [1.54, 1.807) is 0 Å². The lowest BCUT2D eigenvalue weighted by molar-refractivity contribution is -0.163. The molecule has 24 heavy (non-hydrogen) atoms. The topological polar surface area (TPSA) is 159 Å². The fourth-order valence-corrected chi connectivity index (χ4v) is 2.10. The molecule has 2 atom stereocenters. The van der Waals surface area contributed by atoms with Gasteiger partial charge < -0.3 is 19.1 Å². The van der Waals surface area contributed by atoms with E-state index in [0.717, 1.165) is 25.7 Å². The van der Waals surface area contributed by atoms with E-state index in [4.69, 9.17) is 30.2 Å². The van der Waals surface area contributed by atoms with Crippen molar-refractivity contribution < 1.29 is 19.1 Å². The number of hydrogen-bond donors (Lipinski definition) is 0. The van der Waals surface area contributed by atoms with Crippen LogP contribution < -0.4 is 0 Å². The minimum absolute atomic E-state index is 0.347. The smallest absolute Gasteiger partial charge is 0.226 e. The van der Waals surface area contributed by atoms with E-state index in [1.165, 1.54) is 0 Å². The molecule has 0 bridgehead atoms. The molecule has 0 aromatic carbocycles. The third-order valence-electron chi connectivity index (χ3n) is 3.27. The summed E-state index contributed by atoms with van der Waals surface area (Å²) in [5.41, 5.74) is 17.3. The third-order valence-corrected chi connectivity index (χ3v) is 3.27. The molecule has 12 heteroatoms. The maximum Gasteiger partial charge on any atom is 0.226 e. The molecule has 0 aromatic rings. The average molecular weight is 338 g/mol. The zero-order chi connectivity index (χ0) is 17.0. The Kier molecular flexibility index (Phi) is 7.64. The van der Waals surface area contributed by atoms with Gasteiger partial charge in [0.05, 0.1) is 13.2 Å². The van der Waals surface area contributed by atoms with Crippen molar-refractivity contribution >= 4 is 11.7 Å². The molecule has 0 amide bonds. The van der Waals surface area contributed by atoms with Crippen LogP contribution in [0.15, 0.2) is 20.5 Å². The fourth-order valence-electron chi connectivity index (χ4n) is 2.10. The molecule has 12 nitrogen and oxygen atoms in total. The van der Waals surface area contributed by atoms with Gasteiger partial charge in [0, 0.05) is 22.7 Å². The Morgan fingerprint density at radius 3 is 1.58 bits per heavy atom. The maximum atomic E-state index is 8.64. The summed E-state index contributed by atoms with van der Waals surface area (Å²) in [6, 6.07) is 0. The number of hydrogen-bond acceptors (Lipinski definition) is 6. The molecule has 2 heterocycles. The lowest BCUT2D eigenvalue weighted by Gasteiger charge is -2.20. The van der Waals surface area contributed by atoms with E-state index in [-0.39, 0.29) is 11.7 Å². The molecule has 0 aromatic heterocycles. The third kappa shape index (κ3) is 5.94. The first-order chi connectivity index (χ1) is 11.8. The van der Waals surface area contributed by atoms with Gasteiger partial charge in [-0.15, -0.1) is 0 Å². The van der Waals surface area contributed by atoms with Crippen molar-refractivity contribution in [1.82, 2.24) is 0 Å². The summed E-state index contributed by atoms with van der Waals surface area (Å²) < 4.78 is 10.7. The van der Waals surface area contributed by atoms with Crippen LogP contribution in [0.3, 0.4) is 0 Å². The summed E-state index contributed by atoms with van der Waals surface area (Å²) in [4.78, 5) is 15.6. The number of rotatable bonds is 4. The van der Waals surface area contributed by atoms with E-state index < -0.39 is 12.6 Å². The highest BCUT2D eigenvalue weighted by atomic mass is 16.8. The molecular weight excluding hydrogens is 320 g/mol. The number of ether oxygens (including phenoxy) is 2.